The first-order chi connectivity index (χ1) is 11.1. The maximum absolute atomic E-state index is 13.4. The van der Waals surface area contributed by atoms with E-state index in [2.05, 4.69) is 41.5 Å². The Balaban J connectivity index is 1.48. The summed E-state index contributed by atoms with van der Waals surface area (Å²) >= 11 is 0. The highest BCUT2D eigenvalue weighted by atomic mass is 16.1. The SMILES string of the molecule is CC1C2(C)CCC(C2)C1(C)CCC(=O)C1(C)C2CCC(C)(C2)C1C. The van der Waals surface area contributed by atoms with Crippen molar-refractivity contribution in [3.8, 4) is 0 Å². The van der Waals surface area contributed by atoms with Crippen LogP contribution in [-0.2, 0) is 4.79 Å². The molecule has 0 aromatic heterocycles. The van der Waals surface area contributed by atoms with Crippen LogP contribution in [0.15, 0.2) is 0 Å². The highest BCUT2D eigenvalue weighted by molar-refractivity contribution is 5.86. The predicted octanol–water partition coefficient (Wildman–Crippen LogP) is 6.26. The maximum atomic E-state index is 13.4. The first-order valence-electron chi connectivity index (χ1n) is 10.6. The van der Waals surface area contributed by atoms with Crippen molar-refractivity contribution in [2.24, 2.45) is 45.3 Å². The van der Waals surface area contributed by atoms with Crippen molar-refractivity contribution in [2.45, 2.75) is 92.9 Å². The van der Waals surface area contributed by atoms with E-state index in [4.69, 9.17) is 0 Å². The minimum absolute atomic E-state index is 0.0336. The number of ketones is 1. The standard InChI is InChI=1S/C23H38O/c1-15-20(3)10-7-17(13-20)22(15,5)12-9-19(24)23(6)16(2)21(4)11-8-18(23)14-21/h15-18H,7-14H2,1-6H3. The molecule has 1 heteroatoms. The molecule has 0 aliphatic heterocycles. The molecule has 0 saturated heterocycles. The van der Waals surface area contributed by atoms with E-state index in [0.717, 1.165) is 24.7 Å². The largest absolute Gasteiger partial charge is 0.299 e. The summed E-state index contributed by atoms with van der Waals surface area (Å²) in [6, 6.07) is 0. The maximum Gasteiger partial charge on any atom is 0.139 e. The first kappa shape index (κ1) is 17.1. The molecular formula is C23H38O. The summed E-state index contributed by atoms with van der Waals surface area (Å²) in [7, 11) is 0. The molecule has 4 rings (SSSR count). The third-order valence-electron chi connectivity index (χ3n) is 10.8. The van der Waals surface area contributed by atoms with Gasteiger partial charge in [-0.2, -0.15) is 0 Å². The Hall–Kier alpha value is -0.330. The smallest absolute Gasteiger partial charge is 0.139 e. The summed E-state index contributed by atoms with van der Waals surface area (Å²) in [6.07, 6.45) is 10.1. The van der Waals surface area contributed by atoms with Gasteiger partial charge in [-0.25, -0.2) is 0 Å². The third kappa shape index (κ3) is 1.91. The molecule has 8 atom stereocenters. The van der Waals surface area contributed by atoms with Crippen molar-refractivity contribution in [3.63, 3.8) is 0 Å². The third-order valence-corrected chi connectivity index (χ3v) is 10.8. The molecule has 0 aromatic rings. The Labute approximate surface area is 149 Å². The average molecular weight is 331 g/mol. The molecule has 4 aliphatic carbocycles. The summed E-state index contributed by atoms with van der Waals surface area (Å²) in [5.74, 6) is 3.48. The lowest BCUT2D eigenvalue weighted by atomic mass is 9.58. The first-order valence-corrected chi connectivity index (χ1v) is 10.6. The van der Waals surface area contributed by atoms with Crippen molar-refractivity contribution in [1.82, 2.24) is 0 Å². The minimum Gasteiger partial charge on any atom is -0.299 e. The van der Waals surface area contributed by atoms with Crippen LogP contribution >= 0.6 is 0 Å². The molecule has 4 saturated carbocycles. The summed E-state index contributed by atoms with van der Waals surface area (Å²) in [4.78, 5) is 13.4. The molecule has 4 fully saturated rings. The number of carbonyl (C=O) groups is 1. The quantitative estimate of drug-likeness (QED) is 0.594. The van der Waals surface area contributed by atoms with Crippen LogP contribution in [0.1, 0.15) is 92.9 Å². The molecule has 1 nitrogen and oxygen atoms in total. The van der Waals surface area contributed by atoms with Gasteiger partial charge in [0, 0.05) is 11.8 Å². The van der Waals surface area contributed by atoms with Gasteiger partial charge in [0.05, 0.1) is 0 Å². The van der Waals surface area contributed by atoms with E-state index < -0.39 is 0 Å². The number of rotatable bonds is 4. The number of fused-ring (bicyclic) bond motifs is 4. The predicted molar refractivity (Wildman–Crippen MR) is 99.7 cm³/mol. The van der Waals surface area contributed by atoms with Crippen molar-refractivity contribution in [2.75, 3.05) is 0 Å². The number of hydrogen-bond acceptors (Lipinski definition) is 1. The van der Waals surface area contributed by atoms with E-state index in [9.17, 15) is 4.79 Å². The molecule has 4 aliphatic rings. The van der Waals surface area contributed by atoms with Crippen molar-refractivity contribution < 1.29 is 4.79 Å². The van der Waals surface area contributed by atoms with Gasteiger partial charge in [-0.05, 0) is 84.9 Å². The van der Waals surface area contributed by atoms with E-state index in [1.165, 1.54) is 38.5 Å². The molecule has 0 spiro atoms. The number of hydrogen-bond donors (Lipinski definition) is 0. The number of Topliss-reactive ketones (excluding diaryl/α,β-unsaturated/α-hetero) is 1. The van der Waals surface area contributed by atoms with Gasteiger partial charge in [0.25, 0.3) is 0 Å². The molecule has 0 aromatic carbocycles. The Bertz CT molecular complexity index is 566. The fraction of sp³-hybridized carbons (Fsp3) is 0.957. The summed E-state index contributed by atoms with van der Waals surface area (Å²) in [5, 5.41) is 0. The zero-order valence-corrected chi connectivity index (χ0v) is 16.9. The Kier molecular flexibility index (Phi) is 3.48. The fourth-order valence-electron chi connectivity index (χ4n) is 8.17. The van der Waals surface area contributed by atoms with Crippen molar-refractivity contribution in [3.05, 3.63) is 0 Å². The van der Waals surface area contributed by atoms with E-state index >= 15 is 0 Å². The molecule has 0 heterocycles. The molecule has 0 radical (unpaired) electrons. The summed E-state index contributed by atoms with van der Waals surface area (Å²) in [6.45, 7) is 14.6. The van der Waals surface area contributed by atoms with Gasteiger partial charge in [0.2, 0.25) is 0 Å². The summed E-state index contributed by atoms with van der Waals surface area (Å²) < 4.78 is 0. The van der Waals surface area contributed by atoms with E-state index in [-0.39, 0.29) is 5.41 Å². The van der Waals surface area contributed by atoms with Gasteiger partial charge >= 0.3 is 0 Å². The highest BCUT2D eigenvalue weighted by Gasteiger charge is 2.63. The second-order valence-corrected chi connectivity index (χ2v) is 11.3. The van der Waals surface area contributed by atoms with Gasteiger partial charge in [-0.1, -0.05) is 41.5 Å². The molecule has 24 heavy (non-hydrogen) atoms. The van der Waals surface area contributed by atoms with Gasteiger partial charge < -0.3 is 0 Å². The average Bonchev–Trinajstić information content (AvgIpc) is 3.22. The zero-order valence-electron chi connectivity index (χ0n) is 16.9. The Morgan fingerprint density at radius 2 is 1.42 bits per heavy atom. The van der Waals surface area contributed by atoms with Gasteiger partial charge in [-0.15, -0.1) is 0 Å². The fourth-order valence-corrected chi connectivity index (χ4v) is 8.17. The van der Waals surface area contributed by atoms with Crippen LogP contribution in [0.5, 0.6) is 0 Å². The lowest BCUT2D eigenvalue weighted by Crippen LogP contribution is -2.43. The lowest BCUT2D eigenvalue weighted by Gasteiger charge is -2.45. The van der Waals surface area contributed by atoms with Crippen LogP contribution < -0.4 is 0 Å². The van der Waals surface area contributed by atoms with Gasteiger partial charge in [0.15, 0.2) is 0 Å². The Morgan fingerprint density at radius 1 is 0.875 bits per heavy atom. The van der Waals surface area contributed by atoms with Crippen molar-refractivity contribution in [1.29, 1.82) is 0 Å². The van der Waals surface area contributed by atoms with Crippen molar-refractivity contribution >= 4 is 5.78 Å². The Morgan fingerprint density at radius 3 is 1.92 bits per heavy atom. The molecule has 8 unspecified atom stereocenters. The normalized spacial score (nSPS) is 58.6. The van der Waals surface area contributed by atoms with Crippen LogP contribution in [0.25, 0.3) is 0 Å². The monoisotopic (exact) mass is 330 g/mol. The van der Waals surface area contributed by atoms with Gasteiger partial charge in [-0.3, -0.25) is 4.79 Å². The topological polar surface area (TPSA) is 17.1 Å². The molecule has 0 amide bonds. The zero-order chi connectivity index (χ0) is 17.5. The van der Waals surface area contributed by atoms with Crippen LogP contribution in [0, 0.1) is 45.3 Å². The van der Waals surface area contributed by atoms with Crippen LogP contribution in [0.4, 0.5) is 0 Å². The van der Waals surface area contributed by atoms with Crippen LogP contribution in [0.3, 0.4) is 0 Å². The second kappa shape index (κ2) is 4.89. The molecule has 136 valence electrons. The van der Waals surface area contributed by atoms with Crippen LogP contribution in [-0.4, -0.2) is 5.78 Å². The molecule has 4 bridgehead atoms. The summed E-state index contributed by atoms with van der Waals surface area (Å²) in [5.41, 5.74) is 1.36. The van der Waals surface area contributed by atoms with E-state index in [1.54, 1.807) is 0 Å². The van der Waals surface area contributed by atoms with Gasteiger partial charge in [0.1, 0.15) is 5.78 Å². The second-order valence-electron chi connectivity index (χ2n) is 11.3. The minimum atomic E-state index is -0.0336. The highest BCUT2D eigenvalue weighted by Crippen LogP contribution is 2.69. The van der Waals surface area contributed by atoms with E-state index in [1.807, 2.05) is 0 Å². The molecular weight excluding hydrogens is 292 g/mol. The lowest BCUT2D eigenvalue weighted by molar-refractivity contribution is -0.135. The van der Waals surface area contributed by atoms with Crippen LogP contribution in [0.2, 0.25) is 0 Å². The molecule has 0 N–H and O–H groups in total. The van der Waals surface area contributed by atoms with E-state index in [0.29, 0.717) is 33.9 Å². The number of carbonyl (C=O) groups excluding carboxylic acids is 1.